The molecule has 0 atom stereocenters. The van der Waals surface area contributed by atoms with E-state index in [1.165, 1.54) is 23.1 Å². The third-order valence-electron chi connectivity index (χ3n) is 4.25. The summed E-state index contributed by atoms with van der Waals surface area (Å²) in [7, 11) is 0. The van der Waals surface area contributed by atoms with E-state index in [0.717, 1.165) is 0 Å². The maximum atomic E-state index is 13.7. The van der Waals surface area contributed by atoms with Crippen molar-refractivity contribution in [3.8, 4) is 11.1 Å². The Morgan fingerprint density at radius 1 is 1.26 bits per heavy atom. The van der Waals surface area contributed by atoms with Crippen LogP contribution in [0.25, 0.3) is 11.1 Å². The topological polar surface area (TPSA) is 77.6 Å². The summed E-state index contributed by atoms with van der Waals surface area (Å²) in [5, 5.41) is 0.299. The first-order chi connectivity index (χ1) is 12.6. The molecule has 0 radical (unpaired) electrons. The summed E-state index contributed by atoms with van der Waals surface area (Å²) >= 11 is 6.51. The van der Waals surface area contributed by atoms with Gasteiger partial charge in [-0.2, -0.15) is 0 Å². The lowest BCUT2D eigenvalue weighted by molar-refractivity contribution is 0.0198. The van der Waals surface area contributed by atoms with E-state index < -0.39 is 23.4 Å². The monoisotopic (exact) mass is 393 g/mol. The molecule has 1 aliphatic rings. The van der Waals surface area contributed by atoms with E-state index in [2.05, 4.69) is 0 Å². The summed E-state index contributed by atoms with van der Waals surface area (Å²) in [5.74, 6) is -1.13. The molecule has 2 aromatic rings. The van der Waals surface area contributed by atoms with Gasteiger partial charge in [0.2, 0.25) is 0 Å². The average Bonchev–Trinajstić information content (AvgIpc) is 2.86. The van der Waals surface area contributed by atoms with Crippen molar-refractivity contribution >= 4 is 23.6 Å². The van der Waals surface area contributed by atoms with Crippen LogP contribution in [0.15, 0.2) is 24.3 Å². The fraction of sp³-hybridized carbons (Fsp3) is 0.368. The summed E-state index contributed by atoms with van der Waals surface area (Å²) in [4.78, 5) is 26.1. The molecule has 0 fully saturated rings. The average molecular weight is 394 g/mol. The molecule has 8 heteroatoms. The Balaban J connectivity index is 2.05. The number of halogens is 2. The van der Waals surface area contributed by atoms with Crippen molar-refractivity contribution in [1.82, 2.24) is 9.47 Å². The van der Waals surface area contributed by atoms with Crippen molar-refractivity contribution in [3.05, 3.63) is 46.5 Å². The second-order valence-corrected chi connectivity index (χ2v) is 7.77. The van der Waals surface area contributed by atoms with Gasteiger partial charge in [0.05, 0.1) is 17.8 Å². The largest absolute Gasteiger partial charge is 0.444 e. The lowest BCUT2D eigenvalue weighted by atomic mass is 10.0. The fourth-order valence-corrected chi connectivity index (χ4v) is 3.56. The smallest absolute Gasteiger partial charge is 0.410 e. The zero-order valence-corrected chi connectivity index (χ0v) is 16.1. The van der Waals surface area contributed by atoms with Crippen LogP contribution in [-0.4, -0.2) is 33.6 Å². The summed E-state index contributed by atoms with van der Waals surface area (Å²) in [6.07, 6.45) is -0.478. The van der Waals surface area contributed by atoms with E-state index in [4.69, 9.17) is 22.1 Å². The van der Waals surface area contributed by atoms with Crippen LogP contribution in [-0.2, 0) is 17.8 Å². The van der Waals surface area contributed by atoms with Gasteiger partial charge in [0.25, 0.3) is 5.91 Å². The number of primary amides is 1. The minimum Gasteiger partial charge on any atom is -0.444 e. The molecule has 6 nitrogen and oxygen atoms in total. The highest BCUT2D eigenvalue weighted by Crippen LogP contribution is 2.38. The molecule has 0 spiro atoms. The van der Waals surface area contributed by atoms with Crippen LogP contribution in [0.2, 0.25) is 5.15 Å². The second-order valence-electron chi connectivity index (χ2n) is 7.42. The van der Waals surface area contributed by atoms with Crippen LogP contribution < -0.4 is 5.73 Å². The van der Waals surface area contributed by atoms with Crippen molar-refractivity contribution < 1.29 is 18.7 Å². The molecular formula is C19H21ClFN3O3. The molecule has 2 N–H and O–H groups in total. The minimum atomic E-state index is -0.684. The van der Waals surface area contributed by atoms with Crippen LogP contribution in [0.4, 0.5) is 9.18 Å². The van der Waals surface area contributed by atoms with Crippen LogP contribution >= 0.6 is 11.6 Å². The predicted molar refractivity (Wildman–Crippen MR) is 100.0 cm³/mol. The molecule has 2 heterocycles. The Kier molecular flexibility index (Phi) is 4.90. The van der Waals surface area contributed by atoms with Gasteiger partial charge in [-0.3, -0.25) is 4.79 Å². The number of rotatable bonds is 2. The van der Waals surface area contributed by atoms with E-state index in [0.29, 0.717) is 35.1 Å². The fourth-order valence-electron chi connectivity index (χ4n) is 3.17. The summed E-state index contributed by atoms with van der Waals surface area (Å²) in [6, 6.07) is 5.80. The minimum absolute atomic E-state index is 0.127. The predicted octanol–water partition coefficient (Wildman–Crippen LogP) is 3.80. The van der Waals surface area contributed by atoms with Gasteiger partial charge in [0.15, 0.2) is 0 Å². The first kappa shape index (κ1) is 19.2. The number of aromatic nitrogens is 1. The lowest BCUT2D eigenvalue weighted by Crippen LogP contribution is -2.42. The first-order valence-electron chi connectivity index (χ1n) is 8.53. The van der Waals surface area contributed by atoms with Gasteiger partial charge in [0.1, 0.15) is 16.6 Å². The maximum Gasteiger partial charge on any atom is 0.410 e. The molecule has 1 aromatic heterocycles. The van der Waals surface area contributed by atoms with Crippen LogP contribution in [0, 0.1) is 5.82 Å². The molecule has 1 aromatic carbocycles. The number of nitrogens with zero attached hydrogens (tertiary/aromatic N) is 2. The van der Waals surface area contributed by atoms with E-state index in [1.807, 2.05) is 0 Å². The van der Waals surface area contributed by atoms with Crippen molar-refractivity contribution in [2.75, 3.05) is 6.54 Å². The highest BCUT2D eigenvalue weighted by Gasteiger charge is 2.33. The zero-order chi connectivity index (χ0) is 19.9. The third-order valence-corrected chi connectivity index (χ3v) is 4.65. The first-order valence-corrected chi connectivity index (χ1v) is 8.91. The summed E-state index contributed by atoms with van der Waals surface area (Å²) in [5.41, 5.74) is 6.53. The van der Waals surface area contributed by atoms with E-state index in [9.17, 15) is 14.0 Å². The highest BCUT2D eigenvalue weighted by molar-refractivity contribution is 6.33. The van der Waals surface area contributed by atoms with Gasteiger partial charge in [-0.05, 0) is 38.5 Å². The number of benzene rings is 1. The standard InChI is InChI=1S/C19H21ClFN3O3/c1-19(2,3)27-18(26)23-7-8-24-13(10-23)15(17(22)25)14(16(24)20)11-5-4-6-12(21)9-11/h4-6,9H,7-8,10H2,1-3H3,(H2,22,25). The molecule has 0 saturated carbocycles. The lowest BCUT2D eigenvalue weighted by Gasteiger charge is -2.31. The summed E-state index contributed by atoms with van der Waals surface area (Å²) < 4.78 is 20.8. The Morgan fingerprint density at radius 2 is 1.96 bits per heavy atom. The van der Waals surface area contributed by atoms with Gasteiger partial charge in [0, 0.05) is 18.7 Å². The van der Waals surface area contributed by atoms with E-state index in [1.54, 1.807) is 31.4 Å². The van der Waals surface area contributed by atoms with Gasteiger partial charge in [-0.15, -0.1) is 0 Å². The van der Waals surface area contributed by atoms with Crippen molar-refractivity contribution in [3.63, 3.8) is 0 Å². The van der Waals surface area contributed by atoms with Crippen molar-refractivity contribution in [2.24, 2.45) is 5.73 Å². The Morgan fingerprint density at radius 3 is 2.56 bits per heavy atom. The molecule has 2 amide bonds. The van der Waals surface area contributed by atoms with Gasteiger partial charge >= 0.3 is 6.09 Å². The van der Waals surface area contributed by atoms with Gasteiger partial charge in [-0.1, -0.05) is 23.7 Å². The van der Waals surface area contributed by atoms with Crippen LogP contribution in [0.3, 0.4) is 0 Å². The number of nitrogens with two attached hydrogens (primary N) is 1. The van der Waals surface area contributed by atoms with Crippen molar-refractivity contribution in [2.45, 2.75) is 39.5 Å². The van der Waals surface area contributed by atoms with Crippen molar-refractivity contribution in [1.29, 1.82) is 0 Å². The molecule has 0 saturated heterocycles. The number of fused-ring (bicyclic) bond motifs is 1. The summed E-state index contributed by atoms with van der Waals surface area (Å²) in [6.45, 7) is 6.23. The number of ether oxygens (including phenoxy) is 1. The molecule has 0 aliphatic carbocycles. The maximum absolute atomic E-state index is 13.7. The normalized spacial score (nSPS) is 14.0. The number of amides is 2. The molecule has 27 heavy (non-hydrogen) atoms. The van der Waals surface area contributed by atoms with Gasteiger partial charge in [-0.25, -0.2) is 9.18 Å². The zero-order valence-electron chi connectivity index (χ0n) is 15.4. The number of hydrogen-bond donors (Lipinski definition) is 1. The second kappa shape index (κ2) is 6.88. The molecule has 3 rings (SSSR count). The number of hydrogen-bond acceptors (Lipinski definition) is 3. The van der Waals surface area contributed by atoms with Crippen LogP contribution in [0.1, 0.15) is 36.8 Å². The Hall–Kier alpha value is -2.54. The highest BCUT2D eigenvalue weighted by atomic mass is 35.5. The molecular weight excluding hydrogens is 373 g/mol. The molecule has 0 unspecified atom stereocenters. The Labute approximate surface area is 161 Å². The van der Waals surface area contributed by atoms with Crippen LogP contribution in [0.5, 0.6) is 0 Å². The van der Waals surface area contributed by atoms with E-state index in [-0.39, 0.29) is 12.1 Å². The molecule has 0 bridgehead atoms. The quantitative estimate of drug-likeness (QED) is 0.843. The SMILES string of the molecule is CC(C)(C)OC(=O)N1CCn2c(Cl)c(-c3cccc(F)c3)c(C(N)=O)c2C1. The molecule has 144 valence electrons. The third kappa shape index (κ3) is 3.78. The number of carbonyl (C=O) groups excluding carboxylic acids is 2. The number of carbonyl (C=O) groups is 2. The molecule has 1 aliphatic heterocycles. The van der Waals surface area contributed by atoms with Gasteiger partial charge < -0.3 is 19.9 Å². The van der Waals surface area contributed by atoms with E-state index >= 15 is 0 Å². The Bertz CT molecular complexity index is 918.